The molecular formula is C18H13NSe. The molecule has 0 N–H and O–H groups in total. The predicted molar refractivity (Wildman–Crippen MR) is 86.1 cm³/mol. The van der Waals surface area contributed by atoms with Crippen LogP contribution in [0, 0.1) is 0 Å². The summed E-state index contributed by atoms with van der Waals surface area (Å²) in [5, 5.41) is 0. The summed E-state index contributed by atoms with van der Waals surface area (Å²) in [5.41, 5.74) is 3.86. The van der Waals surface area contributed by atoms with E-state index in [1.165, 1.54) is 26.0 Å². The van der Waals surface area contributed by atoms with E-state index in [2.05, 4.69) is 83.8 Å². The average Bonchev–Trinajstić information content (AvgIpc) is 2.53. The first kappa shape index (κ1) is 11.8. The zero-order valence-corrected chi connectivity index (χ0v) is 12.6. The van der Waals surface area contributed by atoms with Crippen LogP contribution in [0.3, 0.4) is 0 Å². The summed E-state index contributed by atoms with van der Waals surface area (Å²) in [7, 11) is 0. The van der Waals surface area contributed by atoms with Crippen molar-refractivity contribution in [2.45, 2.75) is 0 Å². The molecule has 0 amide bonds. The fourth-order valence-corrected chi connectivity index (χ4v) is 4.78. The van der Waals surface area contributed by atoms with Gasteiger partial charge in [0.15, 0.2) is 0 Å². The molecule has 0 aromatic heterocycles. The van der Waals surface area contributed by atoms with Crippen LogP contribution < -0.4 is 13.8 Å². The van der Waals surface area contributed by atoms with Gasteiger partial charge in [-0.05, 0) is 0 Å². The first-order valence-corrected chi connectivity index (χ1v) is 8.36. The Morgan fingerprint density at radius 2 is 1.05 bits per heavy atom. The van der Waals surface area contributed by atoms with E-state index in [-0.39, 0.29) is 0 Å². The molecular weight excluding hydrogens is 309 g/mol. The van der Waals surface area contributed by atoms with Gasteiger partial charge in [-0.1, -0.05) is 0 Å². The van der Waals surface area contributed by atoms with E-state index < -0.39 is 0 Å². The van der Waals surface area contributed by atoms with Crippen LogP contribution in [0.2, 0.25) is 0 Å². The summed E-state index contributed by atoms with van der Waals surface area (Å²) < 4.78 is 2.89. The van der Waals surface area contributed by atoms with Crippen LogP contribution in [0.1, 0.15) is 0 Å². The van der Waals surface area contributed by atoms with Gasteiger partial charge in [0.25, 0.3) is 0 Å². The number of para-hydroxylation sites is 3. The molecule has 1 aliphatic rings. The molecule has 3 aromatic rings. The number of rotatable bonds is 1. The van der Waals surface area contributed by atoms with Crippen LogP contribution >= 0.6 is 0 Å². The monoisotopic (exact) mass is 323 g/mol. The van der Waals surface area contributed by atoms with Crippen LogP contribution in [0.25, 0.3) is 0 Å². The Morgan fingerprint density at radius 1 is 0.550 bits per heavy atom. The van der Waals surface area contributed by atoms with E-state index in [9.17, 15) is 0 Å². The zero-order chi connectivity index (χ0) is 13.4. The number of hydrogen-bond donors (Lipinski definition) is 0. The van der Waals surface area contributed by atoms with Crippen LogP contribution in [0.5, 0.6) is 0 Å². The number of benzene rings is 3. The molecule has 0 spiro atoms. The van der Waals surface area contributed by atoms with Gasteiger partial charge in [-0.2, -0.15) is 0 Å². The average molecular weight is 322 g/mol. The Hall–Kier alpha value is -2.02. The van der Waals surface area contributed by atoms with Crippen molar-refractivity contribution in [1.29, 1.82) is 0 Å². The molecule has 0 bridgehead atoms. The topological polar surface area (TPSA) is 3.24 Å². The molecule has 2 heteroatoms. The number of hydrogen-bond acceptors (Lipinski definition) is 1. The quantitative estimate of drug-likeness (QED) is 0.487. The van der Waals surface area contributed by atoms with Gasteiger partial charge < -0.3 is 0 Å². The van der Waals surface area contributed by atoms with Crippen molar-refractivity contribution in [1.82, 2.24) is 0 Å². The zero-order valence-electron chi connectivity index (χ0n) is 10.9. The van der Waals surface area contributed by atoms with Gasteiger partial charge in [-0.3, -0.25) is 0 Å². The molecule has 1 heterocycles. The SMILES string of the molecule is c1ccc(N2c3ccccc3[Se]c3ccccc32)cc1. The minimum atomic E-state index is 0.387. The molecule has 0 fully saturated rings. The molecule has 0 saturated carbocycles. The van der Waals surface area contributed by atoms with E-state index in [1.54, 1.807) is 0 Å². The molecule has 0 saturated heterocycles. The molecule has 0 atom stereocenters. The molecule has 0 radical (unpaired) electrons. The van der Waals surface area contributed by atoms with Gasteiger partial charge in [-0.25, -0.2) is 0 Å². The van der Waals surface area contributed by atoms with Crippen LogP contribution in [-0.2, 0) is 0 Å². The van der Waals surface area contributed by atoms with Crippen molar-refractivity contribution in [2.24, 2.45) is 0 Å². The fourth-order valence-electron chi connectivity index (χ4n) is 2.56. The Morgan fingerprint density at radius 3 is 1.65 bits per heavy atom. The Bertz CT molecular complexity index is 707. The molecule has 1 aliphatic heterocycles. The molecule has 4 rings (SSSR count). The molecule has 0 aliphatic carbocycles. The minimum absolute atomic E-state index is 0.387. The van der Waals surface area contributed by atoms with Crippen molar-refractivity contribution in [3.05, 3.63) is 78.9 Å². The van der Waals surface area contributed by atoms with Gasteiger partial charge in [0.2, 0.25) is 0 Å². The van der Waals surface area contributed by atoms with E-state index in [0.717, 1.165) is 0 Å². The molecule has 0 unspecified atom stereocenters. The van der Waals surface area contributed by atoms with Crippen molar-refractivity contribution in [3.8, 4) is 0 Å². The number of anilines is 3. The first-order valence-electron chi connectivity index (χ1n) is 6.64. The Labute approximate surface area is 125 Å². The van der Waals surface area contributed by atoms with Gasteiger partial charge in [-0.15, -0.1) is 0 Å². The van der Waals surface area contributed by atoms with E-state index >= 15 is 0 Å². The maximum atomic E-state index is 2.37. The predicted octanol–water partition coefficient (Wildman–Crippen LogP) is 3.12. The van der Waals surface area contributed by atoms with Crippen LogP contribution in [0.4, 0.5) is 17.1 Å². The van der Waals surface area contributed by atoms with Gasteiger partial charge in [0.05, 0.1) is 0 Å². The summed E-state index contributed by atoms with van der Waals surface area (Å²) in [5.74, 6) is 0. The molecule has 96 valence electrons. The number of fused-ring (bicyclic) bond motifs is 2. The summed E-state index contributed by atoms with van der Waals surface area (Å²) in [6.45, 7) is 0. The van der Waals surface area contributed by atoms with Gasteiger partial charge >= 0.3 is 125 Å². The summed E-state index contributed by atoms with van der Waals surface area (Å²) in [6.07, 6.45) is 0. The fraction of sp³-hybridized carbons (Fsp3) is 0. The second-order valence-corrected chi connectivity index (χ2v) is 6.98. The van der Waals surface area contributed by atoms with Crippen molar-refractivity contribution in [3.63, 3.8) is 0 Å². The van der Waals surface area contributed by atoms with Gasteiger partial charge in [0, 0.05) is 0 Å². The third-order valence-corrected chi connectivity index (χ3v) is 5.82. The maximum absolute atomic E-state index is 2.37. The number of nitrogens with zero attached hydrogens (tertiary/aromatic N) is 1. The molecule has 20 heavy (non-hydrogen) atoms. The first-order chi connectivity index (χ1) is 9.93. The third kappa shape index (κ3) is 1.85. The second kappa shape index (κ2) is 4.82. The van der Waals surface area contributed by atoms with E-state index in [1.807, 2.05) is 0 Å². The van der Waals surface area contributed by atoms with Crippen molar-refractivity contribution >= 4 is 40.9 Å². The molecule has 3 aromatic carbocycles. The van der Waals surface area contributed by atoms with Crippen molar-refractivity contribution in [2.75, 3.05) is 4.90 Å². The Balaban J connectivity index is 1.98. The van der Waals surface area contributed by atoms with E-state index in [0.29, 0.717) is 15.0 Å². The summed E-state index contributed by atoms with van der Waals surface area (Å²) >= 11 is 0.387. The molecule has 1 nitrogen and oxygen atoms in total. The third-order valence-electron chi connectivity index (χ3n) is 3.45. The van der Waals surface area contributed by atoms with Gasteiger partial charge in [0.1, 0.15) is 0 Å². The van der Waals surface area contributed by atoms with Crippen molar-refractivity contribution < 1.29 is 0 Å². The summed E-state index contributed by atoms with van der Waals surface area (Å²) in [6, 6.07) is 28.1. The standard InChI is InChI=1S/C18H13NSe/c1-2-8-14(9-3-1)19-15-10-4-6-12-17(15)20-18-13-7-5-11-16(18)19/h1-13H. The van der Waals surface area contributed by atoms with E-state index in [4.69, 9.17) is 0 Å². The Kier molecular flexibility index (Phi) is 2.84. The van der Waals surface area contributed by atoms with Crippen LogP contribution in [-0.4, -0.2) is 15.0 Å². The summed E-state index contributed by atoms with van der Waals surface area (Å²) in [4.78, 5) is 2.37. The van der Waals surface area contributed by atoms with Crippen LogP contribution in [0.15, 0.2) is 78.9 Å². The normalized spacial score (nSPS) is 12.7. The second-order valence-electron chi connectivity index (χ2n) is 4.71.